The molecule has 2 rings (SSSR count). The molecule has 0 spiro atoms. The largest absolute Gasteiger partial charge is 0.396 e. The second-order valence-electron chi connectivity index (χ2n) is 4.88. The molecule has 1 aliphatic rings. The molecule has 0 saturated carbocycles. The van der Waals surface area contributed by atoms with E-state index in [4.69, 9.17) is 10.9 Å². The number of hydrogen-bond acceptors (Lipinski definition) is 6. The van der Waals surface area contributed by atoms with Gasteiger partial charge in [0.2, 0.25) is 0 Å². The number of nitrogens with two attached hydrogens (primary N) is 1. The van der Waals surface area contributed by atoms with Gasteiger partial charge >= 0.3 is 0 Å². The van der Waals surface area contributed by atoms with Crippen LogP contribution in [0, 0.1) is 5.92 Å². The number of aliphatic hydroxyl groups excluding tert-OH is 1. The Kier molecular flexibility index (Phi) is 4.92. The van der Waals surface area contributed by atoms with Gasteiger partial charge in [0.1, 0.15) is 0 Å². The minimum atomic E-state index is -3.66. The van der Waals surface area contributed by atoms with E-state index in [1.165, 1.54) is 10.5 Å². The summed E-state index contributed by atoms with van der Waals surface area (Å²) in [6, 6.07) is 3.20. The summed E-state index contributed by atoms with van der Waals surface area (Å²) in [4.78, 5) is 3.95. The van der Waals surface area contributed by atoms with E-state index in [9.17, 15) is 8.42 Å². The van der Waals surface area contributed by atoms with Crippen molar-refractivity contribution in [2.75, 3.05) is 25.1 Å². The van der Waals surface area contributed by atoms with Crippen molar-refractivity contribution in [3.05, 3.63) is 18.3 Å². The summed E-state index contributed by atoms with van der Waals surface area (Å²) < 4.78 is 26.7. The third-order valence-corrected chi connectivity index (χ3v) is 5.36. The van der Waals surface area contributed by atoms with E-state index in [0.717, 1.165) is 12.8 Å². The number of piperidine rings is 1. The summed E-state index contributed by atoms with van der Waals surface area (Å²) >= 11 is 0. The van der Waals surface area contributed by atoms with Crippen molar-refractivity contribution < 1.29 is 13.5 Å². The summed E-state index contributed by atoms with van der Waals surface area (Å²) in [5, 5.41) is 8.95. The Hall–Kier alpha value is -1.22. The highest BCUT2D eigenvalue weighted by Gasteiger charge is 2.32. The molecule has 7 nitrogen and oxygen atoms in total. The fourth-order valence-corrected chi connectivity index (χ4v) is 4.11. The van der Waals surface area contributed by atoms with E-state index in [2.05, 4.69) is 10.4 Å². The molecule has 0 aliphatic carbocycles. The highest BCUT2D eigenvalue weighted by Crippen LogP contribution is 2.27. The van der Waals surface area contributed by atoms with E-state index in [1.54, 1.807) is 12.1 Å². The van der Waals surface area contributed by atoms with Crippen LogP contribution in [0.2, 0.25) is 0 Å². The van der Waals surface area contributed by atoms with Crippen molar-refractivity contribution in [3.8, 4) is 0 Å². The molecule has 1 atom stereocenters. The summed E-state index contributed by atoms with van der Waals surface area (Å²) in [6.45, 7) is 0.978. The van der Waals surface area contributed by atoms with Crippen molar-refractivity contribution in [2.45, 2.75) is 24.3 Å². The number of aromatic nitrogens is 1. The maximum absolute atomic E-state index is 12.6. The Bertz CT molecular complexity index is 547. The van der Waals surface area contributed by atoms with Crippen LogP contribution >= 0.6 is 0 Å². The second kappa shape index (κ2) is 6.49. The zero-order valence-electron chi connectivity index (χ0n) is 11.2. The van der Waals surface area contributed by atoms with Crippen molar-refractivity contribution in [1.29, 1.82) is 0 Å². The first kappa shape index (κ1) is 15.2. The molecule has 0 amide bonds. The van der Waals surface area contributed by atoms with E-state index < -0.39 is 10.0 Å². The summed E-state index contributed by atoms with van der Waals surface area (Å²) in [6.07, 6.45) is 3.79. The topological polar surface area (TPSA) is 109 Å². The molecular weight excluding hydrogens is 280 g/mol. The van der Waals surface area contributed by atoms with Gasteiger partial charge in [0, 0.05) is 25.9 Å². The minimum Gasteiger partial charge on any atom is -0.396 e. The number of pyridine rings is 1. The number of hydrazine groups is 1. The summed E-state index contributed by atoms with van der Waals surface area (Å²) in [7, 11) is -3.66. The lowest BCUT2D eigenvalue weighted by Gasteiger charge is -2.31. The van der Waals surface area contributed by atoms with Gasteiger partial charge in [0.05, 0.1) is 5.69 Å². The van der Waals surface area contributed by atoms with Gasteiger partial charge in [-0.15, -0.1) is 0 Å². The lowest BCUT2D eigenvalue weighted by molar-refractivity contribution is 0.202. The van der Waals surface area contributed by atoms with Gasteiger partial charge in [-0.3, -0.25) is 5.84 Å². The Morgan fingerprint density at radius 2 is 2.35 bits per heavy atom. The third kappa shape index (κ3) is 3.09. The fraction of sp³-hybridized carbons (Fsp3) is 0.583. The lowest BCUT2D eigenvalue weighted by atomic mass is 9.97. The van der Waals surface area contributed by atoms with Crippen LogP contribution in [0.3, 0.4) is 0 Å². The van der Waals surface area contributed by atoms with Crippen molar-refractivity contribution >= 4 is 15.7 Å². The highest BCUT2D eigenvalue weighted by atomic mass is 32.2. The van der Waals surface area contributed by atoms with Crippen LogP contribution in [0.1, 0.15) is 19.3 Å². The second-order valence-corrected chi connectivity index (χ2v) is 6.74. The van der Waals surface area contributed by atoms with E-state index in [-0.39, 0.29) is 23.2 Å². The maximum Gasteiger partial charge on any atom is 0.262 e. The van der Waals surface area contributed by atoms with Crippen molar-refractivity contribution in [1.82, 2.24) is 9.29 Å². The molecule has 8 heteroatoms. The minimum absolute atomic E-state index is 0.0489. The van der Waals surface area contributed by atoms with Gasteiger partial charge in [-0.1, -0.05) is 0 Å². The van der Waals surface area contributed by atoms with Gasteiger partial charge in [0.25, 0.3) is 10.0 Å². The fourth-order valence-electron chi connectivity index (χ4n) is 2.49. The van der Waals surface area contributed by atoms with E-state index in [0.29, 0.717) is 19.5 Å². The first-order chi connectivity index (χ1) is 9.59. The number of nitrogens with zero attached hydrogens (tertiary/aromatic N) is 2. The van der Waals surface area contributed by atoms with Gasteiger partial charge in [-0.05, 0) is 37.3 Å². The average molecular weight is 300 g/mol. The standard InChI is InChI=1S/C12H20N4O3S/c13-15-11-4-1-6-14-12(11)20(18,19)16-7-2-3-10(9-16)5-8-17/h1,4,6,10,15,17H,2-3,5,7-9,13H2. The Balaban J connectivity index is 2.25. The molecule has 1 fully saturated rings. The molecular formula is C12H20N4O3S. The third-order valence-electron chi connectivity index (χ3n) is 3.53. The maximum atomic E-state index is 12.6. The number of hydrogen-bond donors (Lipinski definition) is 3. The van der Waals surface area contributed by atoms with Gasteiger partial charge < -0.3 is 10.5 Å². The quantitative estimate of drug-likeness (QED) is 0.527. The summed E-state index contributed by atoms with van der Waals surface area (Å²) in [5.41, 5.74) is 2.66. The molecule has 20 heavy (non-hydrogen) atoms. The number of aliphatic hydroxyl groups is 1. The predicted octanol–water partition coefficient (Wildman–Crippen LogP) is 0.150. The van der Waals surface area contributed by atoms with E-state index >= 15 is 0 Å². The van der Waals surface area contributed by atoms with Crippen LogP contribution in [0.4, 0.5) is 5.69 Å². The van der Waals surface area contributed by atoms with Gasteiger partial charge in [-0.2, -0.15) is 4.31 Å². The highest BCUT2D eigenvalue weighted by molar-refractivity contribution is 7.89. The molecule has 1 saturated heterocycles. The average Bonchev–Trinajstić information content (AvgIpc) is 2.48. The number of nitrogen functional groups attached to an aromatic ring is 1. The molecule has 1 aliphatic heterocycles. The number of nitrogens with one attached hydrogen (secondary N) is 1. The number of sulfonamides is 1. The Morgan fingerprint density at radius 1 is 1.55 bits per heavy atom. The molecule has 0 aromatic carbocycles. The van der Waals surface area contributed by atoms with E-state index in [1.807, 2.05) is 0 Å². The predicted molar refractivity (Wildman–Crippen MR) is 75.2 cm³/mol. The van der Waals surface area contributed by atoms with Crippen LogP contribution < -0.4 is 11.3 Å². The number of anilines is 1. The molecule has 1 aromatic rings. The van der Waals surface area contributed by atoms with Gasteiger partial charge in [-0.25, -0.2) is 13.4 Å². The molecule has 2 heterocycles. The first-order valence-corrected chi connectivity index (χ1v) is 8.06. The van der Waals surface area contributed by atoms with Crippen molar-refractivity contribution in [3.63, 3.8) is 0 Å². The lowest BCUT2D eigenvalue weighted by Crippen LogP contribution is -2.40. The smallest absolute Gasteiger partial charge is 0.262 e. The molecule has 0 radical (unpaired) electrons. The van der Waals surface area contributed by atoms with Crippen LogP contribution in [-0.4, -0.2) is 42.5 Å². The molecule has 0 bridgehead atoms. The molecule has 112 valence electrons. The molecule has 1 unspecified atom stereocenters. The Labute approximate surface area is 118 Å². The Morgan fingerprint density at radius 3 is 3.05 bits per heavy atom. The van der Waals surface area contributed by atoms with Crippen molar-refractivity contribution in [2.24, 2.45) is 11.8 Å². The van der Waals surface area contributed by atoms with Crippen LogP contribution in [0.25, 0.3) is 0 Å². The molecule has 4 N–H and O–H groups in total. The number of rotatable bonds is 5. The van der Waals surface area contributed by atoms with Gasteiger partial charge in [0.15, 0.2) is 5.03 Å². The summed E-state index contributed by atoms with van der Waals surface area (Å²) in [5.74, 6) is 5.54. The first-order valence-electron chi connectivity index (χ1n) is 6.62. The SMILES string of the molecule is NNc1cccnc1S(=O)(=O)N1CCCC(CCO)C1. The van der Waals surface area contributed by atoms with Crippen LogP contribution in [0.5, 0.6) is 0 Å². The monoisotopic (exact) mass is 300 g/mol. The van der Waals surface area contributed by atoms with Crippen LogP contribution in [0.15, 0.2) is 23.4 Å². The normalized spacial score (nSPS) is 20.8. The molecule has 1 aromatic heterocycles. The zero-order valence-corrected chi connectivity index (χ0v) is 12.0. The zero-order chi connectivity index (χ0) is 14.6. The van der Waals surface area contributed by atoms with Crippen LogP contribution in [-0.2, 0) is 10.0 Å².